The monoisotopic (exact) mass is 516 g/mol. The quantitative estimate of drug-likeness (QED) is 0.191. The molecule has 0 saturated carbocycles. The van der Waals surface area contributed by atoms with Crippen molar-refractivity contribution in [2.24, 2.45) is 4.99 Å². The molecule has 0 aromatic heterocycles. The van der Waals surface area contributed by atoms with Gasteiger partial charge in [-0.15, -0.1) is 24.0 Å². The fourth-order valence-electron chi connectivity index (χ4n) is 2.92. The fourth-order valence-corrected chi connectivity index (χ4v) is 2.92. The molecule has 3 amide bonds. The van der Waals surface area contributed by atoms with Crippen LogP contribution < -0.4 is 16.0 Å². The zero-order chi connectivity index (χ0) is 20.4. The van der Waals surface area contributed by atoms with Gasteiger partial charge in [-0.25, -0.2) is 4.79 Å². The van der Waals surface area contributed by atoms with Gasteiger partial charge < -0.3 is 16.0 Å². The summed E-state index contributed by atoms with van der Waals surface area (Å²) >= 11 is 0. The normalized spacial score (nSPS) is 15.2. The van der Waals surface area contributed by atoms with Gasteiger partial charge in [0.1, 0.15) is 0 Å². The third-order valence-corrected chi connectivity index (χ3v) is 4.75. The number of imide groups is 1. The highest BCUT2D eigenvalue weighted by Gasteiger charge is 2.27. The van der Waals surface area contributed by atoms with Gasteiger partial charge in [-0.2, -0.15) is 0 Å². The van der Waals surface area contributed by atoms with Gasteiger partial charge in [0.05, 0.1) is 6.54 Å². The summed E-state index contributed by atoms with van der Waals surface area (Å²) in [7, 11) is 2.13. The van der Waals surface area contributed by atoms with E-state index in [2.05, 4.69) is 64.1 Å². The Morgan fingerprint density at radius 3 is 2.62 bits per heavy atom. The lowest BCUT2D eigenvalue weighted by molar-refractivity contribution is -0.124. The number of nitrogens with one attached hydrogen (secondary N) is 3. The van der Waals surface area contributed by atoms with Gasteiger partial charge in [0.2, 0.25) is 5.91 Å². The molecule has 1 saturated heterocycles. The predicted octanol–water partition coefficient (Wildman–Crippen LogP) is 1.62. The minimum absolute atomic E-state index is 0. The van der Waals surface area contributed by atoms with Crippen molar-refractivity contribution < 1.29 is 9.59 Å². The first kappa shape index (κ1) is 25.2. The summed E-state index contributed by atoms with van der Waals surface area (Å²) in [6.07, 6.45) is 0.937. The lowest BCUT2D eigenvalue weighted by atomic mass is 10.1. The molecule has 0 radical (unpaired) electrons. The van der Waals surface area contributed by atoms with Crippen LogP contribution in [-0.4, -0.2) is 73.5 Å². The summed E-state index contributed by atoms with van der Waals surface area (Å²) in [6, 6.07) is 10.5. The van der Waals surface area contributed by atoms with Crippen molar-refractivity contribution in [1.82, 2.24) is 25.8 Å². The maximum atomic E-state index is 11.6. The summed E-state index contributed by atoms with van der Waals surface area (Å²) in [5.41, 5.74) is 1.30. The number of carbonyl (C=O) groups is 2. The zero-order valence-electron chi connectivity index (χ0n) is 17.5. The Bertz CT molecular complexity index is 654. The number of aliphatic imine (C=N–C) groups is 1. The Balaban J connectivity index is 0.00000420. The summed E-state index contributed by atoms with van der Waals surface area (Å²) in [5, 5.41) is 8.89. The molecule has 1 fully saturated rings. The number of nitrogens with zero attached hydrogens (tertiary/aromatic N) is 3. The van der Waals surface area contributed by atoms with Crippen molar-refractivity contribution in [3.63, 3.8) is 0 Å². The molecule has 29 heavy (non-hydrogen) atoms. The van der Waals surface area contributed by atoms with Gasteiger partial charge in [-0.05, 0) is 32.9 Å². The lowest BCUT2D eigenvalue weighted by Gasteiger charge is -2.24. The number of halogens is 1. The van der Waals surface area contributed by atoms with Crippen molar-refractivity contribution >= 4 is 41.9 Å². The van der Waals surface area contributed by atoms with Crippen LogP contribution in [0, 0.1) is 0 Å². The smallest absolute Gasteiger partial charge is 0.324 e. The minimum Gasteiger partial charge on any atom is -0.357 e. The van der Waals surface area contributed by atoms with Gasteiger partial charge in [0.15, 0.2) is 5.96 Å². The van der Waals surface area contributed by atoms with E-state index in [4.69, 9.17) is 0 Å². The summed E-state index contributed by atoms with van der Waals surface area (Å²) in [4.78, 5) is 31.3. The van der Waals surface area contributed by atoms with Crippen molar-refractivity contribution in [2.75, 3.05) is 39.8 Å². The molecule has 1 heterocycles. The van der Waals surface area contributed by atoms with Crippen LogP contribution in [0.15, 0.2) is 35.3 Å². The fraction of sp³-hybridized carbons (Fsp3) is 0.550. The molecule has 0 spiro atoms. The number of carbonyl (C=O) groups excluding carboxylic acids is 2. The van der Waals surface area contributed by atoms with Crippen molar-refractivity contribution in [2.45, 2.75) is 32.9 Å². The maximum Gasteiger partial charge on any atom is 0.324 e. The van der Waals surface area contributed by atoms with Crippen LogP contribution in [0.2, 0.25) is 0 Å². The van der Waals surface area contributed by atoms with Crippen LogP contribution in [0.3, 0.4) is 0 Å². The Hall–Kier alpha value is -1.88. The van der Waals surface area contributed by atoms with Gasteiger partial charge in [0, 0.05) is 38.8 Å². The zero-order valence-corrected chi connectivity index (χ0v) is 19.8. The summed E-state index contributed by atoms with van der Waals surface area (Å²) < 4.78 is 0. The van der Waals surface area contributed by atoms with Gasteiger partial charge in [0.25, 0.3) is 0 Å². The number of guanidine groups is 1. The maximum absolute atomic E-state index is 11.6. The molecule has 1 aliphatic heterocycles. The first-order valence-electron chi connectivity index (χ1n) is 9.85. The molecule has 8 nitrogen and oxygen atoms in total. The highest BCUT2D eigenvalue weighted by atomic mass is 127. The molecular weight excluding hydrogens is 483 g/mol. The Morgan fingerprint density at radius 1 is 1.28 bits per heavy atom. The van der Waals surface area contributed by atoms with E-state index in [1.165, 1.54) is 10.5 Å². The first-order chi connectivity index (χ1) is 13.5. The molecule has 1 unspecified atom stereocenters. The van der Waals surface area contributed by atoms with E-state index in [9.17, 15) is 9.59 Å². The second kappa shape index (κ2) is 13.4. The number of amides is 3. The molecule has 1 aromatic carbocycles. The third-order valence-electron chi connectivity index (χ3n) is 4.75. The Morgan fingerprint density at radius 2 is 2.00 bits per heavy atom. The van der Waals surface area contributed by atoms with E-state index in [0.717, 1.165) is 19.5 Å². The number of rotatable bonds is 10. The largest absolute Gasteiger partial charge is 0.357 e. The van der Waals surface area contributed by atoms with E-state index >= 15 is 0 Å². The first-order valence-corrected chi connectivity index (χ1v) is 9.85. The second-order valence-electron chi connectivity index (χ2n) is 6.93. The van der Waals surface area contributed by atoms with Crippen LogP contribution in [0.5, 0.6) is 0 Å². The van der Waals surface area contributed by atoms with E-state index in [1.54, 1.807) is 0 Å². The Labute approximate surface area is 190 Å². The van der Waals surface area contributed by atoms with E-state index in [0.29, 0.717) is 31.6 Å². The number of urea groups is 1. The number of hydrogen-bond donors (Lipinski definition) is 3. The van der Waals surface area contributed by atoms with E-state index in [-0.39, 0.29) is 42.5 Å². The SMILES string of the molecule is CCNC(=NCCC(C)N(C)Cc1ccccc1)NCCN1C(=O)CNC1=O.I. The predicted molar refractivity (Wildman–Crippen MR) is 126 cm³/mol. The van der Waals surface area contributed by atoms with Crippen LogP contribution in [0.1, 0.15) is 25.8 Å². The molecule has 162 valence electrons. The van der Waals surface area contributed by atoms with Crippen LogP contribution in [0.4, 0.5) is 4.79 Å². The molecule has 9 heteroatoms. The minimum atomic E-state index is -0.330. The lowest BCUT2D eigenvalue weighted by Crippen LogP contribution is -2.43. The standard InChI is InChI=1S/C20H32N6O2.HI/c1-4-21-19(23-12-13-26-18(27)14-24-20(26)28)22-11-10-16(2)25(3)15-17-8-6-5-7-9-17;/h5-9,16H,4,10-15H2,1-3H3,(H,24,28)(H2,21,22,23);1H. The van der Waals surface area contributed by atoms with Crippen LogP contribution in [-0.2, 0) is 11.3 Å². The molecule has 1 aliphatic rings. The summed E-state index contributed by atoms with van der Waals surface area (Å²) in [6.45, 7) is 7.44. The van der Waals surface area contributed by atoms with Crippen LogP contribution in [0.25, 0.3) is 0 Å². The van der Waals surface area contributed by atoms with Gasteiger partial charge >= 0.3 is 6.03 Å². The molecule has 1 atom stereocenters. The highest BCUT2D eigenvalue weighted by molar-refractivity contribution is 14.0. The highest BCUT2D eigenvalue weighted by Crippen LogP contribution is 2.08. The van der Waals surface area contributed by atoms with Crippen molar-refractivity contribution in [3.05, 3.63) is 35.9 Å². The Kier molecular flexibility index (Phi) is 11.6. The number of benzene rings is 1. The molecule has 0 aliphatic carbocycles. The molecule has 3 N–H and O–H groups in total. The van der Waals surface area contributed by atoms with Crippen molar-refractivity contribution in [1.29, 1.82) is 0 Å². The van der Waals surface area contributed by atoms with E-state index < -0.39 is 0 Å². The van der Waals surface area contributed by atoms with Crippen LogP contribution >= 0.6 is 24.0 Å². The average molecular weight is 516 g/mol. The topological polar surface area (TPSA) is 89.1 Å². The average Bonchev–Trinajstić information content (AvgIpc) is 3.00. The van der Waals surface area contributed by atoms with Gasteiger partial charge in [-0.3, -0.25) is 19.6 Å². The van der Waals surface area contributed by atoms with E-state index in [1.807, 2.05) is 13.0 Å². The summed E-state index contributed by atoms with van der Waals surface area (Å²) in [5.74, 6) is 0.511. The number of hydrogen-bond acceptors (Lipinski definition) is 4. The third kappa shape index (κ3) is 8.57. The van der Waals surface area contributed by atoms with Gasteiger partial charge in [-0.1, -0.05) is 30.3 Å². The molecule has 2 rings (SSSR count). The molecular formula is C20H33IN6O2. The molecule has 0 bridgehead atoms. The van der Waals surface area contributed by atoms with Crippen molar-refractivity contribution in [3.8, 4) is 0 Å². The molecule has 1 aromatic rings. The second-order valence-corrected chi connectivity index (χ2v) is 6.93.